The van der Waals surface area contributed by atoms with Gasteiger partial charge in [0.15, 0.2) is 0 Å². The minimum Gasteiger partial charge on any atom is -0.457 e. The molecule has 0 saturated heterocycles. The van der Waals surface area contributed by atoms with Gasteiger partial charge in [0.1, 0.15) is 17.3 Å². The molecule has 1 heterocycles. The van der Waals surface area contributed by atoms with E-state index in [4.69, 9.17) is 4.74 Å². The summed E-state index contributed by atoms with van der Waals surface area (Å²) < 4.78 is 18.6. The second-order valence-electron chi connectivity index (χ2n) is 3.88. The standard InChI is InChI=1S/C15H10FNO/c16-11-5-7-12(8-6-11)18-15-9-10-17-14-4-2-1-3-13(14)15/h1-10H. The highest BCUT2D eigenvalue weighted by Gasteiger charge is 2.03. The molecule has 0 aliphatic carbocycles. The molecule has 0 aliphatic heterocycles. The van der Waals surface area contributed by atoms with Crippen LogP contribution in [0.4, 0.5) is 4.39 Å². The molecule has 1 aromatic heterocycles. The van der Waals surface area contributed by atoms with Gasteiger partial charge in [-0.25, -0.2) is 4.39 Å². The first kappa shape index (κ1) is 10.7. The molecular weight excluding hydrogens is 229 g/mol. The Labute approximate surface area is 104 Å². The predicted octanol–water partition coefficient (Wildman–Crippen LogP) is 4.17. The van der Waals surface area contributed by atoms with Crippen molar-refractivity contribution in [3.63, 3.8) is 0 Å². The average Bonchev–Trinajstić information content (AvgIpc) is 2.42. The molecule has 0 radical (unpaired) electrons. The Morgan fingerprint density at radius 3 is 2.50 bits per heavy atom. The molecule has 18 heavy (non-hydrogen) atoms. The van der Waals surface area contributed by atoms with Gasteiger partial charge < -0.3 is 4.74 Å². The third-order valence-electron chi connectivity index (χ3n) is 2.65. The first-order valence-corrected chi connectivity index (χ1v) is 5.60. The Balaban J connectivity index is 2.02. The summed E-state index contributed by atoms with van der Waals surface area (Å²) >= 11 is 0. The van der Waals surface area contributed by atoms with Gasteiger partial charge in [-0.1, -0.05) is 12.1 Å². The number of fused-ring (bicyclic) bond motifs is 1. The Bertz CT molecular complexity index is 674. The number of hydrogen-bond donors (Lipinski definition) is 0. The fourth-order valence-corrected chi connectivity index (χ4v) is 1.79. The number of ether oxygens (including phenoxy) is 1. The van der Waals surface area contributed by atoms with Gasteiger partial charge in [-0.2, -0.15) is 0 Å². The summed E-state index contributed by atoms with van der Waals surface area (Å²) in [7, 11) is 0. The Hall–Kier alpha value is -2.42. The van der Waals surface area contributed by atoms with E-state index in [2.05, 4.69) is 4.98 Å². The maximum atomic E-state index is 12.8. The first-order valence-electron chi connectivity index (χ1n) is 5.60. The van der Waals surface area contributed by atoms with Crippen molar-refractivity contribution in [1.29, 1.82) is 0 Å². The molecule has 0 bridgehead atoms. The highest BCUT2D eigenvalue weighted by molar-refractivity contribution is 5.84. The van der Waals surface area contributed by atoms with Crippen LogP contribution in [0.25, 0.3) is 10.9 Å². The van der Waals surface area contributed by atoms with Crippen molar-refractivity contribution in [2.24, 2.45) is 0 Å². The molecule has 2 nitrogen and oxygen atoms in total. The van der Waals surface area contributed by atoms with Gasteiger partial charge in [0, 0.05) is 11.6 Å². The Kier molecular flexibility index (Phi) is 2.65. The van der Waals surface area contributed by atoms with E-state index in [1.54, 1.807) is 24.4 Å². The molecule has 0 amide bonds. The topological polar surface area (TPSA) is 22.1 Å². The van der Waals surface area contributed by atoms with Crippen LogP contribution in [0.2, 0.25) is 0 Å². The minimum absolute atomic E-state index is 0.276. The molecule has 88 valence electrons. The Morgan fingerprint density at radius 1 is 0.889 bits per heavy atom. The first-order chi connectivity index (χ1) is 8.83. The zero-order valence-electron chi connectivity index (χ0n) is 9.51. The summed E-state index contributed by atoms with van der Waals surface area (Å²) in [6, 6.07) is 15.5. The summed E-state index contributed by atoms with van der Waals surface area (Å²) in [4.78, 5) is 4.26. The van der Waals surface area contributed by atoms with Crippen LogP contribution >= 0.6 is 0 Å². The van der Waals surface area contributed by atoms with Crippen molar-refractivity contribution in [3.8, 4) is 11.5 Å². The van der Waals surface area contributed by atoms with Gasteiger partial charge >= 0.3 is 0 Å². The van der Waals surface area contributed by atoms with Gasteiger partial charge in [0.25, 0.3) is 0 Å². The molecule has 2 aromatic carbocycles. The fraction of sp³-hybridized carbons (Fsp3) is 0. The third kappa shape index (κ3) is 2.02. The molecule has 0 atom stereocenters. The normalized spacial score (nSPS) is 10.5. The quantitative estimate of drug-likeness (QED) is 0.669. The lowest BCUT2D eigenvalue weighted by atomic mass is 10.2. The number of para-hydroxylation sites is 1. The molecule has 3 heteroatoms. The van der Waals surface area contributed by atoms with Crippen molar-refractivity contribution < 1.29 is 9.13 Å². The highest BCUT2D eigenvalue weighted by atomic mass is 19.1. The van der Waals surface area contributed by atoms with Crippen molar-refractivity contribution in [3.05, 3.63) is 66.6 Å². The van der Waals surface area contributed by atoms with Crippen molar-refractivity contribution in [2.75, 3.05) is 0 Å². The number of hydrogen-bond acceptors (Lipinski definition) is 2. The largest absolute Gasteiger partial charge is 0.457 e. The molecular formula is C15H10FNO. The lowest BCUT2D eigenvalue weighted by Gasteiger charge is -2.08. The number of pyridine rings is 1. The van der Waals surface area contributed by atoms with Gasteiger partial charge in [-0.3, -0.25) is 4.98 Å². The molecule has 3 aromatic rings. The summed E-state index contributed by atoms with van der Waals surface area (Å²) in [5, 5.41) is 0.935. The van der Waals surface area contributed by atoms with E-state index in [-0.39, 0.29) is 5.82 Å². The molecule has 3 rings (SSSR count). The maximum absolute atomic E-state index is 12.8. The predicted molar refractivity (Wildman–Crippen MR) is 68.2 cm³/mol. The lowest BCUT2D eigenvalue weighted by molar-refractivity contribution is 0.485. The number of halogens is 1. The number of rotatable bonds is 2. The van der Waals surface area contributed by atoms with E-state index in [1.807, 2.05) is 24.3 Å². The SMILES string of the molecule is Fc1ccc(Oc2ccnc3ccccc23)cc1. The molecule has 0 saturated carbocycles. The lowest BCUT2D eigenvalue weighted by Crippen LogP contribution is -1.87. The van der Waals surface area contributed by atoms with Crippen LogP contribution in [0, 0.1) is 5.82 Å². The van der Waals surface area contributed by atoms with Gasteiger partial charge in [-0.05, 0) is 42.5 Å². The summed E-state index contributed by atoms with van der Waals surface area (Å²) in [5.74, 6) is 1.04. The van der Waals surface area contributed by atoms with Gasteiger partial charge in [0.05, 0.1) is 5.52 Å². The van der Waals surface area contributed by atoms with Gasteiger partial charge in [0.2, 0.25) is 0 Å². The van der Waals surface area contributed by atoms with Crippen LogP contribution in [0.15, 0.2) is 60.8 Å². The van der Waals surface area contributed by atoms with Crippen LogP contribution in [-0.2, 0) is 0 Å². The van der Waals surface area contributed by atoms with Crippen molar-refractivity contribution in [2.45, 2.75) is 0 Å². The second-order valence-corrected chi connectivity index (χ2v) is 3.88. The molecule has 0 fully saturated rings. The number of nitrogens with zero attached hydrogens (tertiary/aromatic N) is 1. The van der Waals surface area contributed by atoms with Crippen LogP contribution in [0.1, 0.15) is 0 Å². The molecule has 0 unspecified atom stereocenters. The van der Waals surface area contributed by atoms with Crippen LogP contribution in [0.5, 0.6) is 11.5 Å². The average molecular weight is 239 g/mol. The van der Waals surface area contributed by atoms with Crippen LogP contribution < -0.4 is 4.74 Å². The molecule has 0 spiro atoms. The zero-order valence-corrected chi connectivity index (χ0v) is 9.51. The smallest absolute Gasteiger partial charge is 0.138 e. The second kappa shape index (κ2) is 4.45. The monoisotopic (exact) mass is 239 g/mol. The van der Waals surface area contributed by atoms with Crippen LogP contribution in [-0.4, -0.2) is 4.98 Å². The van der Waals surface area contributed by atoms with E-state index in [9.17, 15) is 4.39 Å². The van der Waals surface area contributed by atoms with E-state index < -0.39 is 0 Å². The van der Waals surface area contributed by atoms with E-state index >= 15 is 0 Å². The number of benzene rings is 2. The molecule has 0 aliphatic rings. The Morgan fingerprint density at radius 2 is 1.67 bits per heavy atom. The zero-order chi connectivity index (χ0) is 12.4. The van der Waals surface area contributed by atoms with Crippen molar-refractivity contribution >= 4 is 10.9 Å². The van der Waals surface area contributed by atoms with E-state index in [0.29, 0.717) is 11.5 Å². The maximum Gasteiger partial charge on any atom is 0.138 e. The van der Waals surface area contributed by atoms with Gasteiger partial charge in [-0.15, -0.1) is 0 Å². The molecule has 0 N–H and O–H groups in total. The van der Waals surface area contributed by atoms with Crippen LogP contribution in [0.3, 0.4) is 0 Å². The third-order valence-corrected chi connectivity index (χ3v) is 2.65. The van der Waals surface area contributed by atoms with E-state index in [0.717, 1.165) is 10.9 Å². The minimum atomic E-state index is -0.276. The van der Waals surface area contributed by atoms with E-state index in [1.165, 1.54) is 12.1 Å². The fourth-order valence-electron chi connectivity index (χ4n) is 1.79. The summed E-state index contributed by atoms with van der Waals surface area (Å²) in [6.07, 6.45) is 1.70. The summed E-state index contributed by atoms with van der Waals surface area (Å²) in [5.41, 5.74) is 0.872. The number of aromatic nitrogens is 1. The summed E-state index contributed by atoms with van der Waals surface area (Å²) in [6.45, 7) is 0. The van der Waals surface area contributed by atoms with Crippen molar-refractivity contribution in [1.82, 2.24) is 4.98 Å². The highest BCUT2D eigenvalue weighted by Crippen LogP contribution is 2.28.